The van der Waals surface area contributed by atoms with Gasteiger partial charge in [-0.15, -0.1) is 0 Å². The molecule has 1 amide bonds. The van der Waals surface area contributed by atoms with Crippen LogP contribution in [0.4, 0.5) is 17.1 Å². The summed E-state index contributed by atoms with van der Waals surface area (Å²) in [6.45, 7) is 0. The molecule has 0 bridgehead atoms. The van der Waals surface area contributed by atoms with E-state index in [-0.39, 0.29) is 36.3 Å². The topological polar surface area (TPSA) is 66.7 Å². The summed E-state index contributed by atoms with van der Waals surface area (Å²) in [5, 5.41) is 3.07. The van der Waals surface area contributed by atoms with Crippen molar-refractivity contribution in [3.63, 3.8) is 0 Å². The minimum atomic E-state index is -0.359. The molecule has 1 aromatic heterocycles. The first-order chi connectivity index (χ1) is 9.65. The predicted octanol–water partition coefficient (Wildman–Crippen LogP) is 3.99. The Morgan fingerprint density at radius 2 is 2.00 bits per heavy atom. The molecule has 0 spiro atoms. The minimum absolute atomic E-state index is 0.0634. The zero-order chi connectivity index (χ0) is 14.1. The van der Waals surface area contributed by atoms with E-state index >= 15 is 0 Å². The molecular weight excluding hydrogens is 366 g/mol. The molecule has 5 nitrogen and oxygen atoms in total. The number of anilines is 1. The summed E-state index contributed by atoms with van der Waals surface area (Å²) in [6.07, 6.45) is 0. The number of hydrogen-bond donors (Lipinski definition) is 1. The van der Waals surface area contributed by atoms with Crippen molar-refractivity contribution in [3.05, 3.63) is 46.2 Å². The van der Waals surface area contributed by atoms with Crippen LogP contribution in [0.2, 0.25) is 10.3 Å². The van der Waals surface area contributed by atoms with Gasteiger partial charge in [0, 0.05) is 0 Å². The molecule has 0 unspecified atom stereocenters. The standard InChI is InChI=1S/C12H6Cl2N4OSe/c13-9-5-4-6(11(14)16-9)12(19)15-7-2-1-3-8-10(7)18-20-17-8/h1-5H,(H,15,19). The maximum absolute atomic E-state index is 12.2. The van der Waals surface area contributed by atoms with E-state index < -0.39 is 0 Å². The van der Waals surface area contributed by atoms with Gasteiger partial charge in [-0.3, -0.25) is 0 Å². The van der Waals surface area contributed by atoms with Crippen LogP contribution in [0.1, 0.15) is 10.4 Å². The number of benzene rings is 1. The summed E-state index contributed by atoms with van der Waals surface area (Å²) >= 11 is 11.5. The quantitative estimate of drug-likeness (QED) is 0.546. The fraction of sp³-hybridized carbons (Fsp3) is 0. The Labute approximate surface area is 130 Å². The fourth-order valence-corrected chi connectivity index (χ4v) is 3.26. The van der Waals surface area contributed by atoms with E-state index in [9.17, 15) is 4.79 Å². The molecule has 0 aliphatic carbocycles. The molecule has 2 heterocycles. The summed E-state index contributed by atoms with van der Waals surface area (Å²) in [5.74, 6) is -0.359. The van der Waals surface area contributed by atoms with Crippen LogP contribution in [0.5, 0.6) is 0 Å². The zero-order valence-corrected chi connectivity index (χ0v) is 13.0. The molecule has 1 aromatic carbocycles. The van der Waals surface area contributed by atoms with Gasteiger partial charge in [0.25, 0.3) is 0 Å². The Morgan fingerprint density at radius 1 is 1.15 bits per heavy atom. The molecule has 1 aliphatic rings. The van der Waals surface area contributed by atoms with Crippen molar-refractivity contribution < 1.29 is 4.79 Å². The van der Waals surface area contributed by atoms with Crippen LogP contribution in [-0.2, 0) is 0 Å². The van der Waals surface area contributed by atoms with E-state index in [1.165, 1.54) is 12.1 Å². The number of amides is 1. The van der Waals surface area contributed by atoms with Crippen LogP contribution >= 0.6 is 23.2 Å². The Morgan fingerprint density at radius 3 is 2.80 bits per heavy atom. The predicted molar refractivity (Wildman–Crippen MR) is 78.6 cm³/mol. The number of carbonyl (C=O) groups is 1. The van der Waals surface area contributed by atoms with Crippen LogP contribution in [0.15, 0.2) is 38.3 Å². The summed E-state index contributed by atoms with van der Waals surface area (Å²) in [7, 11) is 0. The average Bonchev–Trinajstić information content (AvgIpc) is 2.87. The molecule has 0 saturated heterocycles. The second-order valence-electron chi connectivity index (χ2n) is 3.86. The van der Waals surface area contributed by atoms with Crippen molar-refractivity contribution in [1.29, 1.82) is 0 Å². The Bertz CT molecular complexity index is 787. The molecule has 0 fully saturated rings. The van der Waals surface area contributed by atoms with Crippen molar-refractivity contribution in [1.82, 2.24) is 4.98 Å². The fourth-order valence-electron chi connectivity index (χ4n) is 1.68. The first kappa shape index (κ1) is 13.5. The van der Waals surface area contributed by atoms with E-state index in [1.54, 1.807) is 6.07 Å². The number of carbonyl (C=O) groups excluding carboxylic acids is 1. The van der Waals surface area contributed by atoms with Gasteiger partial charge in [0.15, 0.2) is 0 Å². The van der Waals surface area contributed by atoms with Gasteiger partial charge in [0.1, 0.15) is 0 Å². The number of nitrogens with zero attached hydrogens (tertiary/aromatic N) is 3. The average molecular weight is 372 g/mol. The van der Waals surface area contributed by atoms with E-state index in [0.29, 0.717) is 11.4 Å². The van der Waals surface area contributed by atoms with Gasteiger partial charge in [-0.05, 0) is 0 Å². The molecule has 2 aromatic rings. The van der Waals surface area contributed by atoms with Gasteiger partial charge in [-0.1, -0.05) is 0 Å². The molecule has 1 N–H and O–H groups in total. The van der Waals surface area contributed by atoms with E-state index in [0.717, 1.165) is 5.69 Å². The van der Waals surface area contributed by atoms with E-state index in [1.807, 2.05) is 12.1 Å². The van der Waals surface area contributed by atoms with Gasteiger partial charge in [-0.25, -0.2) is 0 Å². The molecule has 0 radical (unpaired) electrons. The first-order valence-corrected chi connectivity index (χ1v) is 7.78. The van der Waals surface area contributed by atoms with Crippen LogP contribution < -0.4 is 5.32 Å². The van der Waals surface area contributed by atoms with Gasteiger partial charge >= 0.3 is 130 Å². The third-order valence-electron chi connectivity index (χ3n) is 2.59. The molecular formula is C12H6Cl2N4OSe. The number of pyridine rings is 1. The number of hydrogen-bond acceptors (Lipinski definition) is 4. The Balaban J connectivity index is 1.91. The second kappa shape index (κ2) is 5.50. The monoisotopic (exact) mass is 372 g/mol. The molecule has 0 saturated carbocycles. The number of nitrogens with one attached hydrogen (secondary N) is 1. The first-order valence-electron chi connectivity index (χ1n) is 5.50. The van der Waals surface area contributed by atoms with Crippen LogP contribution in [0.25, 0.3) is 0 Å². The van der Waals surface area contributed by atoms with Crippen LogP contribution in [-0.4, -0.2) is 25.5 Å². The van der Waals surface area contributed by atoms with Crippen LogP contribution in [0.3, 0.4) is 0 Å². The molecule has 8 heteroatoms. The van der Waals surface area contributed by atoms with E-state index in [2.05, 4.69) is 18.2 Å². The van der Waals surface area contributed by atoms with Crippen LogP contribution in [0, 0.1) is 0 Å². The number of halogens is 2. The number of rotatable bonds is 2. The third-order valence-corrected chi connectivity index (χ3v) is 4.23. The molecule has 100 valence electrons. The number of fused-ring (bicyclic) bond motifs is 1. The third kappa shape index (κ3) is 2.55. The zero-order valence-electron chi connectivity index (χ0n) is 9.80. The van der Waals surface area contributed by atoms with Crippen molar-refractivity contribution in [2.45, 2.75) is 0 Å². The summed E-state index contributed by atoms with van der Waals surface area (Å²) in [4.78, 5) is 16.0. The van der Waals surface area contributed by atoms with Gasteiger partial charge in [0.2, 0.25) is 0 Å². The number of aromatic nitrogens is 1. The second-order valence-corrected chi connectivity index (χ2v) is 5.72. The SMILES string of the molecule is O=C(Nc1cccc2c1N=[Se]=N2)c1ccc(Cl)nc1Cl. The Hall–Kier alpha value is -1.46. The normalized spacial score (nSPS) is 11.9. The van der Waals surface area contributed by atoms with Gasteiger partial charge < -0.3 is 0 Å². The molecule has 1 aliphatic heterocycles. The van der Waals surface area contributed by atoms with Gasteiger partial charge in [-0.2, -0.15) is 0 Å². The summed E-state index contributed by atoms with van der Waals surface area (Å²) < 4.78 is 8.55. The van der Waals surface area contributed by atoms with Crippen molar-refractivity contribution in [3.8, 4) is 0 Å². The maximum atomic E-state index is 12.2. The van der Waals surface area contributed by atoms with Crippen molar-refractivity contribution in [2.24, 2.45) is 7.92 Å². The summed E-state index contributed by atoms with van der Waals surface area (Å²) in [5.41, 5.74) is 2.37. The summed E-state index contributed by atoms with van der Waals surface area (Å²) in [6, 6.07) is 8.49. The van der Waals surface area contributed by atoms with E-state index in [4.69, 9.17) is 23.2 Å². The molecule has 3 rings (SSSR count). The Kier molecular flexibility index (Phi) is 3.72. The van der Waals surface area contributed by atoms with Gasteiger partial charge in [0.05, 0.1) is 0 Å². The molecule has 20 heavy (non-hydrogen) atoms. The van der Waals surface area contributed by atoms with Crippen molar-refractivity contribution in [2.75, 3.05) is 5.32 Å². The molecule has 0 atom stereocenters. The van der Waals surface area contributed by atoms with Crippen molar-refractivity contribution >= 4 is 60.7 Å².